The molecule has 2 heterocycles. The summed E-state index contributed by atoms with van der Waals surface area (Å²) in [6, 6.07) is 20.3. The van der Waals surface area contributed by atoms with Crippen molar-refractivity contribution in [1.82, 2.24) is 19.5 Å². The zero-order valence-electron chi connectivity index (χ0n) is 18.1. The number of hydrogen-bond donors (Lipinski definition) is 2. The molecule has 0 atom stereocenters. The van der Waals surface area contributed by atoms with Gasteiger partial charge in [0, 0.05) is 11.7 Å². The minimum atomic E-state index is 0.447. The van der Waals surface area contributed by atoms with Crippen molar-refractivity contribution in [2.75, 3.05) is 23.8 Å². The second-order valence-corrected chi connectivity index (χ2v) is 8.09. The molecule has 0 radical (unpaired) electrons. The van der Waals surface area contributed by atoms with Gasteiger partial charge >= 0.3 is 0 Å². The summed E-state index contributed by atoms with van der Waals surface area (Å²) in [5, 5.41) is 6.75. The normalized spacial score (nSPS) is 14.4. The second kappa shape index (κ2) is 9.68. The van der Waals surface area contributed by atoms with Gasteiger partial charge in [0.25, 0.3) is 0 Å². The topological polar surface area (TPSA) is 76.9 Å². The van der Waals surface area contributed by atoms with Crippen molar-refractivity contribution in [3.05, 3.63) is 67.0 Å². The summed E-state index contributed by atoms with van der Waals surface area (Å²) in [5.41, 5.74) is 2.62. The van der Waals surface area contributed by atoms with Gasteiger partial charge in [0.2, 0.25) is 5.95 Å². The van der Waals surface area contributed by atoms with E-state index in [1.807, 2.05) is 67.0 Å². The first-order valence-electron chi connectivity index (χ1n) is 11.4. The van der Waals surface area contributed by atoms with Crippen LogP contribution in [0.5, 0.6) is 5.75 Å². The van der Waals surface area contributed by atoms with Crippen LogP contribution < -0.4 is 15.4 Å². The van der Waals surface area contributed by atoms with Gasteiger partial charge in [-0.2, -0.15) is 9.97 Å². The number of fused-ring (bicyclic) bond motifs is 1. The fourth-order valence-corrected chi connectivity index (χ4v) is 4.23. The molecular formula is C25H28N6O. The third kappa shape index (κ3) is 4.66. The van der Waals surface area contributed by atoms with E-state index in [1.165, 1.54) is 32.1 Å². The average molecular weight is 429 g/mol. The van der Waals surface area contributed by atoms with Crippen molar-refractivity contribution in [2.45, 2.75) is 38.1 Å². The second-order valence-electron chi connectivity index (χ2n) is 8.09. The summed E-state index contributed by atoms with van der Waals surface area (Å²) >= 11 is 0. The predicted octanol–water partition coefficient (Wildman–Crippen LogP) is 5.57. The van der Waals surface area contributed by atoms with Gasteiger partial charge in [-0.1, -0.05) is 55.7 Å². The number of hydrogen-bond acceptors (Lipinski definition) is 6. The number of benzene rings is 2. The number of ether oxygens (including phenoxy) is 1. The first kappa shape index (κ1) is 20.3. The van der Waals surface area contributed by atoms with Gasteiger partial charge in [-0.25, -0.2) is 4.98 Å². The van der Waals surface area contributed by atoms with Gasteiger partial charge in [0.05, 0.1) is 12.9 Å². The van der Waals surface area contributed by atoms with Gasteiger partial charge in [-0.3, -0.25) is 0 Å². The maximum absolute atomic E-state index is 5.82. The highest BCUT2D eigenvalue weighted by Gasteiger charge is 2.20. The van der Waals surface area contributed by atoms with Crippen molar-refractivity contribution in [3.8, 4) is 5.75 Å². The monoisotopic (exact) mass is 428 g/mol. The SMILES string of the molecule is c1ccc(Nc2nc(NCCOc3ccccc3)c3ncn(C4CCCCC4)c3n2)cc1. The summed E-state index contributed by atoms with van der Waals surface area (Å²) in [4.78, 5) is 14.3. The lowest BCUT2D eigenvalue weighted by Crippen LogP contribution is -2.15. The van der Waals surface area contributed by atoms with E-state index in [4.69, 9.17) is 14.7 Å². The fraction of sp³-hybridized carbons (Fsp3) is 0.320. The Hall–Kier alpha value is -3.61. The lowest BCUT2D eigenvalue weighted by Gasteiger charge is -2.23. The Morgan fingerprint density at radius 2 is 1.66 bits per heavy atom. The van der Waals surface area contributed by atoms with Gasteiger partial charge in [0.15, 0.2) is 17.0 Å². The molecule has 0 spiro atoms. The van der Waals surface area contributed by atoms with Crippen LogP contribution in [0.15, 0.2) is 67.0 Å². The highest BCUT2D eigenvalue weighted by atomic mass is 16.5. The van der Waals surface area contributed by atoms with Gasteiger partial charge in [-0.15, -0.1) is 0 Å². The minimum absolute atomic E-state index is 0.447. The zero-order valence-corrected chi connectivity index (χ0v) is 18.1. The Labute approximate surface area is 187 Å². The first-order chi connectivity index (χ1) is 15.9. The van der Waals surface area contributed by atoms with Crippen LogP contribution in [0.3, 0.4) is 0 Å². The van der Waals surface area contributed by atoms with Crippen LogP contribution in [0, 0.1) is 0 Å². The van der Waals surface area contributed by atoms with Crippen LogP contribution >= 0.6 is 0 Å². The lowest BCUT2D eigenvalue weighted by molar-refractivity contribution is 0.333. The van der Waals surface area contributed by atoms with Crippen LogP contribution in [0.2, 0.25) is 0 Å². The average Bonchev–Trinajstić information content (AvgIpc) is 3.28. The molecule has 164 valence electrons. The molecule has 32 heavy (non-hydrogen) atoms. The van der Waals surface area contributed by atoms with Crippen molar-refractivity contribution in [3.63, 3.8) is 0 Å². The van der Waals surface area contributed by atoms with Gasteiger partial charge < -0.3 is 19.9 Å². The van der Waals surface area contributed by atoms with Crippen molar-refractivity contribution in [1.29, 1.82) is 0 Å². The maximum Gasteiger partial charge on any atom is 0.231 e. The Balaban J connectivity index is 1.39. The highest BCUT2D eigenvalue weighted by Crippen LogP contribution is 2.32. The third-order valence-corrected chi connectivity index (χ3v) is 5.83. The molecule has 1 aliphatic carbocycles. The fourth-order valence-electron chi connectivity index (χ4n) is 4.23. The summed E-state index contributed by atoms with van der Waals surface area (Å²) in [6.07, 6.45) is 8.09. The number of para-hydroxylation sites is 2. The number of imidazole rings is 1. The molecule has 0 saturated heterocycles. The van der Waals surface area contributed by atoms with Crippen LogP contribution in [0.25, 0.3) is 11.2 Å². The standard InChI is InChI=1S/C25H28N6O/c1-4-10-19(11-5-1)28-25-29-23(26-16-17-32-21-14-8-3-9-15-21)22-24(30-25)31(18-27-22)20-12-6-2-7-13-20/h1,3-5,8-11,14-15,18,20H,2,6-7,12-13,16-17H2,(H2,26,28,29,30). The van der Waals surface area contributed by atoms with Crippen molar-refractivity contribution < 1.29 is 4.74 Å². The van der Waals surface area contributed by atoms with Crippen LogP contribution in [0.1, 0.15) is 38.1 Å². The van der Waals surface area contributed by atoms with E-state index in [9.17, 15) is 0 Å². The molecule has 0 bridgehead atoms. The summed E-state index contributed by atoms with van der Waals surface area (Å²) < 4.78 is 8.05. The molecule has 7 nitrogen and oxygen atoms in total. The van der Waals surface area contributed by atoms with Crippen LogP contribution in [0.4, 0.5) is 17.5 Å². The van der Waals surface area contributed by atoms with Gasteiger partial charge in [0.1, 0.15) is 12.4 Å². The molecule has 0 unspecified atom stereocenters. The molecule has 0 amide bonds. The lowest BCUT2D eigenvalue weighted by atomic mass is 9.95. The highest BCUT2D eigenvalue weighted by molar-refractivity contribution is 5.84. The Morgan fingerprint density at radius 3 is 2.44 bits per heavy atom. The van der Waals surface area contributed by atoms with E-state index in [-0.39, 0.29) is 0 Å². The van der Waals surface area contributed by atoms with E-state index in [2.05, 4.69) is 20.2 Å². The zero-order chi connectivity index (χ0) is 21.6. The minimum Gasteiger partial charge on any atom is -0.492 e. The number of rotatable bonds is 8. The van der Waals surface area contributed by atoms with E-state index in [0.717, 1.165) is 28.4 Å². The van der Waals surface area contributed by atoms with Crippen LogP contribution in [-0.4, -0.2) is 32.7 Å². The van der Waals surface area contributed by atoms with E-state index < -0.39 is 0 Å². The largest absolute Gasteiger partial charge is 0.492 e. The molecule has 1 fully saturated rings. The van der Waals surface area contributed by atoms with Crippen LogP contribution in [-0.2, 0) is 0 Å². The smallest absolute Gasteiger partial charge is 0.231 e. The molecule has 7 heteroatoms. The van der Waals surface area contributed by atoms with Gasteiger partial charge in [-0.05, 0) is 37.1 Å². The number of anilines is 3. The molecule has 4 aromatic rings. The number of nitrogens with one attached hydrogen (secondary N) is 2. The Kier molecular flexibility index (Phi) is 6.14. The first-order valence-corrected chi connectivity index (χ1v) is 11.4. The molecular weight excluding hydrogens is 400 g/mol. The number of aromatic nitrogens is 4. The molecule has 0 aliphatic heterocycles. The van der Waals surface area contributed by atoms with Crippen molar-refractivity contribution >= 4 is 28.6 Å². The van der Waals surface area contributed by atoms with E-state index in [0.29, 0.717) is 25.1 Å². The number of nitrogens with zero attached hydrogens (tertiary/aromatic N) is 4. The Morgan fingerprint density at radius 1 is 0.906 bits per heavy atom. The molecule has 2 aromatic carbocycles. The predicted molar refractivity (Wildman–Crippen MR) is 128 cm³/mol. The third-order valence-electron chi connectivity index (χ3n) is 5.83. The molecule has 5 rings (SSSR count). The Bertz CT molecular complexity index is 1140. The summed E-state index contributed by atoms with van der Waals surface area (Å²) in [5.74, 6) is 2.14. The molecule has 1 aliphatic rings. The summed E-state index contributed by atoms with van der Waals surface area (Å²) in [6.45, 7) is 1.14. The molecule has 2 N–H and O–H groups in total. The summed E-state index contributed by atoms with van der Waals surface area (Å²) in [7, 11) is 0. The molecule has 2 aromatic heterocycles. The van der Waals surface area contributed by atoms with Crippen molar-refractivity contribution in [2.24, 2.45) is 0 Å². The quantitative estimate of drug-likeness (QED) is 0.358. The van der Waals surface area contributed by atoms with E-state index in [1.54, 1.807) is 0 Å². The maximum atomic E-state index is 5.82. The van der Waals surface area contributed by atoms with E-state index >= 15 is 0 Å². The molecule has 1 saturated carbocycles.